The third-order valence-electron chi connectivity index (χ3n) is 4.73. The van der Waals surface area contributed by atoms with Crippen molar-refractivity contribution in [2.24, 2.45) is 5.73 Å². The van der Waals surface area contributed by atoms with Crippen LogP contribution in [0.2, 0.25) is 0 Å². The van der Waals surface area contributed by atoms with Gasteiger partial charge in [0.2, 0.25) is 0 Å². The van der Waals surface area contributed by atoms with Gasteiger partial charge in [-0.3, -0.25) is 4.90 Å². The first-order valence-corrected chi connectivity index (χ1v) is 7.35. The molecule has 3 nitrogen and oxygen atoms in total. The summed E-state index contributed by atoms with van der Waals surface area (Å²) in [5.74, 6) is 0. The van der Waals surface area contributed by atoms with Crippen LogP contribution in [0.15, 0.2) is 30.3 Å². The number of rotatable bonds is 4. The largest absolute Gasteiger partial charge is 0.320 e. The molecule has 0 aromatic heterocycles. The van der Waals surface area contributed by atoms with Crippen LogP contribution in [0.3, 0.4) is 0 Å². The summed E-state index contributed by atoms with van der Waals surface area (Å²) in [5, 5.41) is 0. The van der Waals surface area contributed by atoms with E-state index in [2.05, 4.69) is 61.0 Å². The molecule has 1 aromatic rings. The van der Waals surface area contributed by atoms with E-state index < -0.39 is 0 Å². The molecule has 2 unspecified atom stereocenters. The zero-order valence-electron chi connectivity index (χ0n) is 12.5. The molecule has 0 aliphatic carbocycles. The second kappa shape index (κ2) is 6.04. The van der Waals surface area contributed by atoms with Crippen molar-refractivity contribution in [3.63, 3.8) is 0 Å². The molecule has 1 aliphatic rings. The van der Waals surface area contributed by atoms with Gasteiger partial charge in [-0.25, -0.2) is 0 Å². The average molecular weight is 261 g/mol. The molecular weight excluding hydrogens is 234 g/mol. The van der Waals surface area contributed by atoms with Gasteiger partial charge in [-0.15, -0.1) is 0 Å². The van der Waals surface area contributed by atoms with Crippen molar-refractivity contribution in [2.75, 3.05) is 33.2 Å². The van der Waals surface area contributed by atoms with Gasteiger partial charge in [0, 0.05) is 32.2 Å². The first-order valence-electron chi connectivity index (χ1n) is 7.35. The summed E-state index contributed by atoms with van der Waals surface area (Å²) in [6.45, 7) is 8.98. The molecular formula is C16H27N3. The Balaban J connectivity index is 2.16. The second-order valence-electron chi connectivity index (χ2n) is 5.78. The number of nitrogens with zero attached hydrogens (tertiary/aromatic N) is 2. The summed E-state index contributed by atoms with van der Waals surface area (Å²) in [4.78, 5) is 4.92. The number of piperazine rings is 1. The van der Waals surface area contributed by atoms with E-state index in [1.54, 1.807) is 0 Å². The Morgan fingerprint density at radius 2 is 1.74 bits per heavy atom. The number of likely N-dealkylation sites (N-methyl/N-ethyl adjacent to an activating group) is 1. The summed E-state index contributed by atoms with van der Waals surface area (Å²) in [6.07, 6.45) is 0.963. The Hall–Kier alpha value is -0.900. The number of benzene rings is 1. The van der Waals surface area contributed by atoms with Crippen molar-refractivity contribution in [3.05, 3.63) is 35.9 Å². The lowest BCUT2D eigenvalue weighted by Gasteiger charge is -2.45. The van der Waals surface area contributed by atoms with E-state index in [4.69, 9.17) is 5.73 Å². The fraction of sp³-hybridized carbons (Fsp3) is 0.625. The molecule has 2 N–H and O–H groups in total. The van der Waals surface area contributed by atoms with E-state index in [0.29, 0.717) is 6.04 Å². The highest BCUT2D eigenvalue weighted by Crippen LogP contribution is 2.29. The lowest BCUT2D eigenvalue weighted by molar-refractivity contribution is 0.0738. The SMILES string of the molecule is CCC(N)(c1ccccc1)C(C)N1CCN(C)CC1. The van der Waals surface area contributed by atoms with Gasteiger partial charge in [0.25, 0.3) is 0 Å². The predicted molar refractivity (Wildman–Crippen MR) is 81.1 cm³/mol. The fourth-order valence-electron chi connectivity index (χ4n) is 3.02. The molecule has 1 fully saturated rings. The standard InChI is InChI=1S/C16H27N3/c1-4-16(17,15-8-6-5-7-9-15)14(2)19-12-10-18(3)11-13-19/h5-9,14H,4,10-13,17H2,1-3H3. The van der Waals surface area contributed by atoms with E-state index in [9.17, 15) is 0 Å². The van der Waals surface area contributed by atoms with Gasteiger partial charge >= 0.3 is 0 Å². The summed E-state index contributed by atoms with van der Waals surface area (Å²) < 4.78 is 0. The second-order valence-corrected chi connectivity index (χ2v) is 5.78. The summed E-state index contributed by atoms with van der Waals surface area (Å²) in [5.41, 5.74) is 7.77. The van der Waals surface area contributed by atoms with Gasteiger partial charge in [-0.2, -0.15) is 0 Å². The molecule has 19 heavy (non-hydrogen) atoms. The Morgan fingerprint density at radius 1 is 1.16 bits per heavy atom. The molecule has 1 aromatic carbocycles. The van der Waals surface area contributed by atoms with Gasteiger partial charge in [0.15, 0.2) is 0 Å². The molecule has 0 bridgehead atoms. The molecule has 106 valence electrons. The molecule has 3 heteroatoms. The maximum Gasteiger partial charge on any atom is 0.0561 e. The van der Waals surface area contributed by atoms with Gasteiger partial charge < -0.3 is 10.6 Å². The number of nitrogens with two attached hydrogens (primary N) is 1. The van der Waals surface area contributed by atoms with E-state index in [1.165, 1.54) is 5.56 Å². The molecule has 2 atom stereocenters. The minimum Gasteiger partial charge on any atom is -0.320 e. The maximum absolute atomic E-state index is 6.77. The molecule has 2 rings (SSSR count). The fourth-order valence-corrected chi connectivity index (χ4v) is 3.02. The molecule has 1 aliphatic heterocycles. The van der Waals surface area contributed by atoms with Gasteiger partial charge in [0.05, 0.1) is 5.54 Å². The van der Waals surface area contributed by atoms with Gasteiger partial charge in [0.1, 0.15) is 0 Å². The highest BCUT2D eigenvalue weighted by Gasteiger charge is 2.36. The highest BCUT2D eigenvalue weighted by molar-refractivity contribution is 5.26. The van der Waals surface area contributed by atoms with Crippen LogP contribution in [0.4, 0.5) is 0 Å². The lowest BCUT2D eigenvalue weighted by Crippen LogP contribution is -2.58. The summed E-state index contributed by atoms with van der Waals surface area (Å²) in [6, 6.07) is 10.9. The Kier molecular flexibility index (Phi) is 4.61. The molecule has 1 saturated heterocycles. The highest BCUT2D eigenvalue weighted by atomic mass is 15.3. The Labute approximate surface area is 117 Å². The zero-order valence-corrected chi connectivity index (χ0v) is 12.5. The topological polar surface area (TPSA) is 32.5 Å². The number of hydrogen-bond acceptors (Lipinski definition) is 3. The Bertz CT molecular complexity index is 384. The van der Waals surface area contributed by atoms with E-state index in [0.717, 1.165) is 32.6 Å². The van der Waals surface area contributed by atoms with Crippen molar-refractivity contribution in [2.45, 2.75) is 31.8 Å². The maximum atomic E-state index is 6.77. The first-order chi connectivity index (χ1) is 9.08. The third-order valence-corrected chi connectivity index (χ3v) is 4.73. The first kappa shape index (κ1) is 14.5. The van der Waals surface area contributed by atoms with Crippen molar-refractivity contribution in [1.82, 2.24) is 9.80 Å². The normalized spacial score (nSPS) is 22.9. The predicted octanol–water partition coefficient (Wildman–Crippen LogP) is 1.89. The summed E-state index contributed by atoms with van der Waals surface area (Å²) >= 11 is 0. The van der Waals surface area contributed by atoms with Crippen LogP contribution in [0.25, 0.3) is 0 Å². The van der Waals surface area contributed by atoms with Crippen LogP contribution in [0, 0.1) is 0 Å². The Morgan fingerprint density at radius 3 is 2.26 bits per heavy atom. The number of hydrogen-bond donors (Lipinski definition) is 1. The molecule has 0 saturated carbocycles. The van der Waals surface area contributed by atoms with Gasteiger partial charge in [-0.1, -0.05) is 37.3 Å². The minimum absolute atomic E-state index is 0.253. The van der Waals surface area contributed by atoms with Crippen molar-refractivity contribution in [1.29, 1.82) is 0 Å². The summed E-state index contributed by atoms with van der Waals surface area (Å²) in [7, 11) is 2.19. The van der Waals surface area contributed by atoms with Crippen LogP contribution in [-0.4, -0.2) is 49.1 Å². The molecule has 0 amide bonds. The van der Waals surface area contributed by atoms with Crippen molar-refractivity contribution >= 4 is 0 Å². The van der Waals surface area contributed by atoms with Crippen LogP contribution in [0.1, 0.15) is 25.8 Å². The quantitative estimate of drug-likeness (QED) is 0.898. The van der Waals surface area contributed by atoms with E-state index in [1.807, 2.05) is 0 Å². The zero-order chi connectivity index (χ0) is 13.9. The van der Waals surface area contributed by atoms with E-state index in [-0.39, 0.29) is 5.54 Å². The molecule has 0 radical (unpaired) electrons. The van der Waals surface area contributed by atoms with Crippen LogP contribution < -0.4 is 5.73 Å². The monoisotopic (exact) mass is 261 g/mol. The smallest absolute Gasteiger partial charge is 0.0561 e. The minimum atomic E-state index is -0.253. The third kappa shape index (κ3) is 2.99. The lowest BCUT2D eigenvalue weighted by atomic mass is 9.81. The van der Waals surface area contributed by atoms with Crippen LogP contribution in [-0.2, 0) is 5.54 Å². The van der Waals surface area contributed by atoms with E-state index >= 15 is 0 Å². The van der Waals surface area contributed by atoms with Gasteiger partial charge in [-0.05, 0) is 26.0 Å². The molecule has 1 heterocycles. The van der Waals surface area contributed by atoms with Crippen molar-refractivity contribution < 1.29 is 0 Å². The average Bonchev–Trinajstić information content (AvgIpc) is 2.47. The van der Waals surface area contributed by atoms with Crippen molar-refractivity contribution in [3.8, 4) is 0 Å². The molecule has 0 spiro atoms. The van der Waals surface area contributed by atoms with Crippen LogP contribution >= 0.6 is 0 Å². The van der Waals surface area contributed by atoms with Crippen LogP contribution in [0.5, 0.6) is 0 Å².